The minimum absolute atomic E-state index is 0.0555. The summed E-state index contributed by atoms with van der Waals surface area (Å²) >= 11 is 0. The van der Waals surface area contributed by atoms with Crippen LogP contribution in [0.2, 0.25) is 0 Å². The number of amides is 2. The molecule has 1 fully saturated rings. The first-order chi connectivity index (χ1) is 15.1. The van der Waals surface area contributed by atoms with Gasteiger partial charge in [-0.3, -0.25) is 14.5 Å². The van der Waals surface area contributed by atoms with Crippen LogP contribution in [0, 0.1) is 0 Å². The van der Waals surface area contributed by atoms with Gasteiger partial charge in [0.25, 0.3) is 5.91 Å². The maximum Gasteiger partial charge on any atom is 0.259 e. The molecule has 0 bridgehead atoms. The molecule has 160 valence electrons. The van der Waals surface area contributed by atoms with Gasteiger partial charge in [-0.1, -0.05) is 30.8 Å². The third-order valence-electron chi connectivity index (χ3n) is 6.40. The molecule has 2 amide bonds. The Hall–Kier alpha value is -3.32. The molecule has 0 aliphatic carbocycles. The van der Waals surface area contributed by atoms with Crippen LogP contribution in [0.1, 0.15) is 34.3 Å². The van der Waals surface area contributed by atoms with Crippen molar-refractivity contribution >= 4 is 17.5 Å². The van der Waals surface area contributed by atoms with Gasteiger partial charge in [0.1, 0.15) is 6.54 Å². The summed E-state index contributed by atoms with van der Waals surface area (Å²) in [5.41, 5.74) is 2.76. The second-order valence-corrected chi connectivity index (χ2v) is 8.12. The van der Waals surface area contributed by atoms with Crippen LogP contribution in [0.5, 0.6) is 11.5 Å². The Balaban J connectivity index is 1.30. The molecule has 2 aromatic rings. The Kier molecular flexibility index (Phi) is 4.90. The quantitative estimate of drug-likeness (QED) is 0.805. The standard InChI is InChI=1S/C24H24N2O5/c1-16-18-4-2-3-5-19(18)23(28)26(16)13-22(27)25-14-24(8-10-29-11-9-24)17-6-7-20-21(12-17)31-15-30-20/h2-7,12H,1,8-11,13-15H2,(H,25,27). The maximum atomic E-state index is 12.8. The lowest BCUT2D eigenvalue weighted by Gasteiger charge is -2.38. The average molecular weight is 420 g/mol. The molecule has 7 heteroatoms. The van der Waals surface area contributed by atoms with Crippen molar-refractivity contribution in [2.24, 2.45) is 0 Å². The molecule has 3 heterocycles. The molecule has 5 rings (SSSR count). The van der Waals surface area contributed by atoms with Crippen molar-refractivity contribution in [3.05, 3.63) is 65.7 Å². The predicted octanol–water partition coefficient (Wildman–Crippen LogP) is 2.71. The van der Waals surface area contributed by atoms with Gasteiger partial charge in [0.05, 0.1) is 0 Å². The molecule has 0 spiro atoms. The first-order valence-corrected chi connectivity index (χ1v) is 10.4. The van der Waals surface area contributed by atoms with Gasteiger partial charge >= 0.3 is 0 Å². The van der Waals surface area contributed by atoms with Crippen LogP contribution in [-0.2, 0) is 14.9 Å². The fraction of sp³-hybridized carbons (Fsp3) is 0.333. The van der Waals surface area contributed by atoms with Gasteiger partial charge in [-0.15, -0.1) is 0 Å². The molecule has 2 aromatic carbocycles. The van der Waals surface area contributed by atoms with E-state index in [2.05, 4.69) is 11.9 Å². The normalized spacial score (nSPS) is 18.8. The minimum Gasteiger partial charge on any atom is -0.454 e. The lowest BCUT2D eigenvalue weighted by atomic mass is 9.74. The predicted molar refractivity (Wildman–Crippen MR) is 114 cm³/mol. The topological polar surface area (TPSA) is 77.1 Å². The van der Waals surface area contributed by atoms with E-state index in [0.717, 1.165) is 35.5 Å². The van der Waals surface area contributed by atoms with Crippen molar-refractivity contribution in [1.29, 1.82) is 0 Å². The van der Waals surface area contributed by atoms with Crippen LogP contribution >= 0.6 is 0 Å². The van der Waals surface area contributed by atoms with Crippen LogP contribution in [0.15, 0.2) is 49.0 Å². The number of carbonyl (C=O) groups excluding carboxylic acids is 2. The Morgan fingerprint density at radius 1 is 1.06 bits per heavy atom. The van der Waals surface area contributed by atoms with Crippen LogP contribution in [-0.4, -0.2) is 49.8 Å². The van der Waals surface area contributed by atoms with E-state index in [0.29, 0.717) is 31.0 Å². The number of hydrogen-bond acceptors (Lipinski definition) is 5. The Bertz CT molecular complexity index is 1020. The van der Waals surface area contributed by atoms with Gasteiger partial charge in [0, 0.05) is 42.0 Å². The second-order valence-electron chi connectivity index (χ2n) is 8.12. The molecule has 7 nitrogen and oxygen atoms in total. The van der Waals surface area contributed by atoms with E-state index in [1.807, 2.05) is 36.4 Å². The first-order valence-electron chi connectivity index (χ1n) is 10.4. The van der Waals surface area contributed by atoms with E-state index in [1.54, 1.807) is 6.07 Å². The van der Waals surface area contributed by atoms with E-state index in [-0.39, 0.29) is 30.6 Å². The molecule has 0 aromatic heterocycles. The molecule has 1 N–H and O–H groups in total. The smallest absolute Gasteiger partial charge is 0.259 e. The molecule has 1 saturated heterocycles. The third-order valence-corrected chi connectivity index (χ3v) is 6.40. The molecule has 0 radical (unpaired) electrons. The van der Waals surface area contributed by atoms with E-state index >= 15 is 0 Å². The van der Waals surface area contributed by atoms with E-state index in [9.17, 15) is 9.59 Å². The molecular weight excluding hydrogens is 396 g/mol. The summed E-state index contributed by atoms with van der Waals surface area (Å²) in [5, 5.41) is 3.05. The highest BCUT2D eigenvalue weighted by molar-refractivity contribution is 6.10. The number of nitrogens with one attached hydrogen (secondary N) is 1. The Morgan fingerprint density at radius 2 is 1.81 bits per heavy atom. The van der Waals surface area contributed by atoms with Crippen molar-refractivity contribution < 1.29 is 23.8 Å². The summed E-state index contributed by atoms with van der Waals surface area (Å²) in [6.07, 6.45) is 1.57. The second kappa shape index (κ2) is 7.74. The van der Waals surface area contributed by atoms with Crippen molar-refractivity contribution in [3.8, 4) is 11.5 Å². The average Bonchev–Trinajstić information content (AvgIpc) is 3.37. The highest BCUT2D eigenvalue weighted by Gasteiger charge is 2.37. The van der Waals surface area contributed by atoms with E-state index in [4.69, 9.17) is 14.2 Å². The molecule has 0 saturated carbocycles. The maximum absolute atomic E-state index is 12.8. The number of nitrogens with zero attached hydrogens (tertiary/aromatic N) is 1. The zero-order valence-electron chi connectivity index (χ0n) is 17.2. The number of carbonyl (C=O) groups is 2. The number of hydrogen-bond donors (Lipinski definition) is 1. The molecule has 3 aliphatic rings. The summed E-state index contributed by atoms with van der Waals surface area (Å²) in [5.74, 6) is 1.06. The highest BCUT2D eigenvalue weighted by atomic mass is 16.7. The first kappa shape index (κ1) is 19.6. The van der Waals surface area contributed by atoms with Crippen molar-refractivity contribution in [2.75, 3.05) is 33.1 Å². The van der Waals surface area contributed by atoms with Gasteiger partial charge < -0.3 is 19.5 Å². The van der Waals surface area contributed by atoms with Crippen molar-refractivity contribution in [3.63, 3.8) is 0 Å². The monoisotopic (exact) mass is 420 g/mol. The van der Waals surface area contributed by atoms with Gasteiger partial charge in [-0.2, -0.15) is 0 Å². The van der Waals surface area contributed by atoms with Crippen LogP contribution in [0.25, 0.3) is 5.70 Å². The highest BCUT2D eigenvalue weighted by Crippen LogP contribution is 2.40. The Labute approximate surface area is 180 Å². The molecule has 31 heavy (non-hydrogen) atoms. The van der Waals surface area contributed by atoms with E-state index < -0.39 is 0 Å². The van der Waals surface area contributed by atoms with Crippen molar-refractivity contribution in [1.82, 2.24) is 10.2 Å². The SMILES string of the molecule is C=C1c2ccccc2C(=O)N1CC(=O)NCC1(c2ccc3c(c2)OCO3)CCOCC1. The van der Waals surface area contributed by atoms with Gasteiger partial charge in [0.15, 0.2) is 11.5 Å². The lowest BCUT2D eigenvalue weighted by molar-refractivity contribution is -0.121. The van der Waals surface area contributed by atoms with Gasteiger partial charge in [-0.25, -0.2) is 0 Å². The summed E-state index contributed by atoms with van der Waals surface area (Å²) < 4.78 is 16.6. The zero-order valence-corrected chi connectivity index (χ0v) is 17.2. The van der Waals surface area contributed by atoms with Crippen LogP contribution in [0.3, 0.4) is 0 Å². The lowest BCUT2D eigenvalue weighted by Crippen LogP contribution is -2.47. The van der Waals surface area contributed by atoms with Crippen LogP contribution in [0.4, 0.5) is 0 Å². The molecule has 3 aliphatic heterocycles. The molecule has 0 atom stereocenters. The summed E-state index contributed by atoms with van der Waals surface area (Å²) in [6, 6.07) is 13.2. The van der Waals surface area contributed by atoms with Gasteiger partial charge in [-0.05, 0) is 36.6 Å². The minimum atomic E-state index is -0.260. The third kappa shape index (κ3) is 3.45. The number of ether oxygens (including phenoxy) is 3. The number of rotatable bonds is 5. The summed E-state index contributed by atoms with van der Waals surface area (Å²) in [6.45, 7) is 5.88. The fourth-order valence-corrected chi connectivity index (χ4v) is 4.53. The summed E-state index contributed by atoms with van der Waals surface area (Å²) in [4.78, 5) is 26.9. The number of benzene rings is 2. The Morgan fingerprint density at radius 3 is 2.58 bits per heavy atom. The van der Waals surface area contributed by atoms with E-state index in [1.165, 1.54) is 4.90 Å². The van der Waals surface area contributed by atoms with Crippen LogP contribution < -0.4 is 14.8 Å². The van der Waals surface area contributed by atoms with Gasteiger partial charge in [0.2, 0.25) is 12.7 Å². The summed E-state index contributed by atoms with van der Waals surface area (Å²) in [7, 11) is 0. The largest absolute Gasteiger partial charge is 0.454 e. The molecule has 0 unspecified atom stereocenters. The fourth-order valence-electron chi connectivity index (χ4n) is 4.53. The zero-order chi connectivity index (χ0) is 21.4. The number of fused-ring (bicyclic) bond motifs is 2. The molecular formula is C24H24N2O5. The van der Waals surface area contributed by atoms with Crippen molar-refractivity contribution in [2.45, 2.75) is 18.3 Å².